The van der Waals surface area contributed by atoms with Crippen molar-refractivity contribution in [2.24, 2.45) is 0 Å². The zero-order valence-electron chi connectivity index (χ0n) is 10.5. The van der Waals surface area contributed by atoms with E-state index in [-0.39, 0.29) is 18.4 Å². The van der Waals surface area contributed by atoms with Crippen molar-refractivity contribution in [2.45, 2.75) is 19.5 Å². The van der Waals surface area contributed by atoms with Crippen molar-refractivity contribution in [3.05, 3.63) is 29.8 Å². The Morgan fingerprint density at radius 3 is 2.94 bits per heavy atom. The molecule has 0 saturated carbocycles. The van der Waals surface area contributed by atoms with Gasteiger partial charge in [0.15, 0.2) is 0 Å². The average Bonchev–Trinajstić information content (AvgIpc) is 2.35. The predicted octanol–water partition coefficient (Wildman–Crippen LogP) is 0.542. The molecule has 0 bridgehead atoms. The minimum Gasteiger partial charge on any atom is -0.497 e. The van der Waals surface area contributed by atoms with Crippen molar-refractivity contribution in [3.63, 3.8) is 0 Å². The molecular weight excluding hydrogens is 232 g/mol. The minimum atomic E-state index is -0.447. The molecule has 1 unspecified atom stereocenters. The third-order valence-electron chi connectivity index (χ3n) is 2.90. The Kier molecular flexibility index (Phi) is 3.50. The SMILES string of the molecule is COc1cccc(CN2CC(=O)NC(C)C2=O)c1. The average molecular weight is 248 g/mol. The van der Waals surface area contributed by atoms with Crippen molar-refractivity contribution in [1.29, 1.82) is 0 Å². The summed E-state index contributed by atoms with van der Waals surface area (Å²) in [6, 6.07) is 7.04. The molecule has 2 amide bonds. The Balaban J connectivity index is 2.12. The molecule has 5 heteroatoms. The first kappa shape index (κ1) is 12.4. The largest absolute Gasteiger partial charge is 0.497 e. The Morgan fingerprint density at radius 2 is 2.22 bits per heavy atom. The predicted molar refractivity (Wildman–Crippen MR) is 66.0 cm³/mol. The third kappa shape index (κ3) is 2.61. The van der Waals surface area contributed by atoms with Crippen LogP contribution in [0.1, 0.15) is 12.5 Å². The Morgan fingerprint density at radius 1 is 1.44 bits per heavy atom. The van der Waals surface area contributed by atoms with Crippen LogP contribution in [0.2, 0.25) is 0 Å². The molecule has 1 heterocycles. The molecule has 18 heavy (non-hydrogen) atoms. The smallest absolute Gasteiger partial charge is 0.245 e. The Hall–Kier alpha value is -2.04. The summed E-state index contributed by atoms with van der Waals surface area (Å²) in [5.74, 6) is 0.567. The van der Waals surface area contributed by atoms with Gasteiger partial charge in [0.1, 0.15) is 11.8 Å². The van der Waals surface area contributed by atoms with Gasteiger partial charge in [-0.1, -0.05) is 12.1 Å². The lowest BCUT2D eigenvalue weighted by Gasteiger charge is -2.30. The number of nitrogens with one attached hydrogen (secondary N) is 1. The van der Waals surface area contributed by atoms with Gasteiger partial charge in [-0.15, -0.1) is 0 Å². The molecule has 0 spiro atoms. The molecule has 1 aromatic carbocycles. The van der Waals surface area contributed by atoms with Gasteiger partial charge >= 0.3 is 0 Å². The molecule has 1 aliphatic heterocycles. The maximum Gasteiger partial charge on any atom is 0.245 e. The quantitative estimate of drug-likeness (QED) is 0.849. The summed E-state index contributed by atoms with van der Waals surface area (Å²) >= 11 is 0. The molecule has 96 valence electrons. The summed E-state index contributed by atoms with van der Waals surface area (Å²) in [6.07, 6.45) is 0. The first-order valence-electron chi connectivity index (χ1n) is 5.81. The van der Waals surface area contributed by atoms with Crippen molar-refractivity contribution < 1.29 is 14.3 Å². The van der Waals surface area contributed by atoms with Crippen LogP contribution < -0.4 is 10.1 Å². The van der Waals surface area contributed by atoms with Crippen LogP contribution in [0.3, 0.4) is 0 Å². The van der Waals surface area contributed by atoms with E-state index in [9.17, 15) is 9.59 Å². The van der Waals surface area contributed by atoms with Crippen LogP contribution in [-0.2, 0) is 16.1 Å². The highest BCUT2D eigenvalue weighted by Gasteiger charge is 2.29. The van der Waals surface area contributed by atoms with Gasteiger partial charge in [0.05, 0.1) is 13.7 Å². The molecule has 1 N–H and O–H groups in total. The molecular formula is C13H16N2O3. The number of rotatable bonds is 3. The van der Waals surface area contributed by atoms with Crippen molar-refractivity contribution in [3.8, 4) is 5.75 Å². The lowest BCUT2D eigenvalue weighted by molar-refractivity contribution is -0.144. The van der Waals surface area contributed by atoms with E-state index >= 15 is 0 Å². The van der Waals surface area contributed by atoms with E-state index in [1.165, 1.54) is 0 Å². The first-order valence-corrected chi connectivity index (χ1v) is 5.81. The zero-order chi connectivity index (χ0) is 13.1. The standard InChI is InChI=1S/C13H16N2O3/c1-9-13(17)15(8-12(16)14-9)7-10-4-3-5-11(6-10)18-2/h3-6,9H,7-8H2,1-2H3,(H,14,16). The van der Waals surface area contributed by atoms with E-state index in [1.807, 2.05) is 24.3 Å². The van der Waals surface area contributed by atoms with Crippen LogP contribution in [0, 0.1) is 0 Å². The maximum atomic E-state index is 11.9. The molecule has 1 aromatic rings. The number of amides is 2. The lowest BCUT2D eigenvalue weighted by Crippen LogP contribution is -2.56. The van der Waals surface area contributed by atoms with Crippen LogP contribution in [0.15, 0.2) is 24.3 Å². The highest BCUT2D eigenvalue weighted by atomic mass is 16.5. The van der Waals surface area contributed by atoms with Crippen LogP contribution in [0.4, 0.5) is 0 Å². The number of piperazine rings is 1. The van der Waals surface area contributed by atoms with Gasteiger partial charge in [0, 0.05) is 6.54 Å². The Bertz CT molecular complexity index is 473. The van der Waals surface area contributed by atoms with Crippen LogP contribution in [0.25, 0.3) is 0 Å². The number of methoxy groups -OCH3 is 1. The number of carbonyl (C=O) groups is 2. The Labute approximate surface area is 106 Å². The topological polar surface area (TPSA) is 58.6 Å². The van der Waals surface area contributed by atoms with Crippen LogP contribution in [0.5, 0.6) is 5.75 Å². The number of carbonyl (C=O) groups excluding carboxylic acids is 2. The summed E-state index contributed by atoms with van der Waals surface area (Å²) in [5.41, 5.74) is 0.949. The van der Waals surface area contributed by atoms with Crippen LogP contribution >= 0.6 is 0 Å². The second kappa shape index (κ2) is 5.08. The molecule has 1 atom stereocenters. The molecule has 0 aromatic heterocycles. The molecule has 0 aliphatic carbocycles. The summed E-state index contributed by atoms with van der Waals surface area (Å²) < 4.78 is 5.13. The molecule has 5 nitrogen and oxygen atoms in total. The molecule has 1 fully saturated rings. The summed E-state index contributed by atoms with van der Waals surface area (Å²) in [5, 5.41) is 2.61. The van der Waals surface area contributed by atoms with Gasteiger partial charge < -0.3 is 15.0 Å². The van der Waals surface area contributed by atoms with Crippen molar-refractivity contribution in [1.82, 2.24) is 10.2 Å². The van der Waals surface area contributed by atoms with E-state index in [0.29, 0.717) is 6.54 Å². The molecule has 2 rings (SSSR count). The number of ether oxygens (including phenoxy) is 1. The number of hydrogen-bond donors (Lipinski definition) is 1. The number of nitrogens with zero attached hydrogens (tertiary/aromatic N) is 1. The highest BCUT2D eigenvalue weighted by Crippen LogP contribution is 2.15. The van der Waals surface area contributed by atoms with Gasteiger partial charge in [-0.05, 0) is 24.6 Å². The van der Waals surface area contributed by atoms with E-state index in [1.54, 1.807) is 18.9 Å². The fourth-order valence-corrected chi connectivity index (χ4v) is 2.00. The van der Waals surface area contributed by atoms with Gasteiger partial charge in [-0.3, -0.25) is 9.59 Å². The van der Waals surface area contributed by atoms with E-state index in [2.05, 4.69) is 5.32 Å². The second-order valence-corrected chi connectivity index (χ2v) is 4.34. The van der Waals surface area contributed by atoms with E-state index in [0.717, 1.165) is 11.3 Å². The van der Waals surface area contributed by atoms with Crippen molar-refractivity contribution >= 4 is 11.8 Å². The van der Waals surface area contributed by atoms with E-state index in [4.69, 9.17) is 4.74 Å². The zero-order valence-corrected chi connectivity index (χ0v) is 10.5. The normalized spacial score (nSPS) is 19.7. The first-order chi connectivity index (χ1) is 8.60. The van der Waals surface area contributed by atoms with Crippen molar-refractivity contribution in [2.75, 3.05) is 13.7 Å². The second-order valence-electron chi connectivity index (χ2n) is 4.34. The van der Waals surface area contributed by atoms with Gasteiger partial charge in [0.2, 0.25) is 11.8 Å². The number of benzene rings is 1. The summed E-state index contributed by atoms with van der Waals surface area (Å²) in [7, 11) is 1.60. The molecule has 0 radical (unpaired) electrons. The van der Waals surface area contributed by atoms with Gasteiger partial charge in [-0.25, -0.2) is 0 Å². The minimum absolute atomic E-state index is 0.0579. The van der Waals surface area contributed by atoms with Gasteiger partial charge in [-0.2, -0.15) is 0 Å². The van der Waals surface area contributed by atoms with Crippen LogP contribution in [-0.4, -0.2) is 36.4 Å². The molecule has 1 saturated heterocycles. The van der Waals surface area contributed by atoms with Gasteiger partial charge in [0.25, 0.3) is 0 Å². The summed E-state index contributed by atoms with van der Waals surface area (Å²) in [4.78, 5) is 24.9. The van der Waals surface area contributed by atoms with E-state index < -0.39 is 6.04 Å². The fourth-order valence-electron chi connectivity index (χ4n) is 2.00. The summed E-state index contributed by atoms with van der Waals surface area (Å²) in [6.45, 7) is 2.23. The molecule has 1 aliphatic rings. The maximum absolute atomic E-state index is 11.9. The number of hydrogen-bond acceptors (Lipinski definition) is 3. The highest BCUT2D eigenvalue weighted by molar-refractivity contribution is 5.94. The third-order valence-corrected chi connectivity index (χ3v) is 2.90. The monoisotopic (exact) mass is 248 g/mol. The lowest BCUT2D eigenvalue weighted by atomic mass is 10.1. The fraction of sp³-hybridized carbons (Fsp3) is 0.385.